The van der Waals surface area contributed by atoms with Crippen LogP contribution < -0.4 is 15.4 Å². The van der Waals surface area contributed by atoms with Gasteiger partial charge in [0.25, 0.3) is 0 Å². The molecule has 0 saturated heterocycles. The number of nitrogens with one attached hydrogen (secondary N) is 2. The van der Waals surface area contributed by atoms with E-state index in [-0.39, 0.29) is 29.8 Å². The number of fused-ring (bicyclic) bond motifs is 1. The maximum Gasteiger partial charge on any atom is 0.239 e. The molecule has 1 aliphatic rings. The van der Waals surface area contributed by atoms with Crippen LogP contribution in [0.3, 0.4) is 0 Å². The van der Waals surface area contributed by atoms with Crippen LogP contribution in [0.5, 0.6) is 5.75 Å². The van der Waals surface area contributed by atoms with Gasteiger partial charge in [-0.3, -0.25) is 9.59 Å². The van der Waals surface area contributed by atoms with Crippen molar-refractivity contribution in [1.29, 1.82) is 0 Å². The van der Waals surface area contributed by atoms with Crippen molar-refractivity contribution in [1.82, 2.24) is 10.6 Å². The Balaban J connectivity index is 1.88. The number of halogens is 1. The first-order chi connectivity index (χ1) is 10.2. The number of rotatable bonds is 3. The van der Waals surface area contributed by atoms with Crippen LogP contribution in [0.25, 0.3) is 0 Å². The molecule has 22 heavy (non-hydrogen) atoms. The summed E-state index contributed by atoms with van der Waals surface area (Å²) in [6.07, 6.45) is 0.558. The van der Waals surface area contributed by atoms with Crippen LogP contribution in [0.15, 0.2) is 18.2 Å². The average Bonchev–Trinajstić information content (AvgIpc) is 2.42. The molecule has 2 amide bonds. The summed E-state index contributed by atoms with van der Waals surface area (Å²) in [6, 6.07) is 5.38. The first-order valence-corrected chi connectivity index (χ1v) is 7.62. The molecule has 120 valence electrons. The van der Waals surface area contributed by atoms with E-state index < -0.39 is 0 Å². The zero-order valence-corrected chi connectivity index (χ0v) is 13.8. The SMILES string of the molecule is CC(C)(C)NC(=O)CNC(=O)[C@H]1COc2ccc(Cl)cc2C1. The van der Waals surface area contributed by atoms with Gasteiger partial charge in [0.1, 0.15) is 12.4 Å². The third-order valence-corrected chi connectivity index (χ3v) is 3.47. The third kappa shape index (κ3) is 4.63. The molecule has 1 heterocycles. The summed E-state index contributed by atoms with van der Waals surface area (Å²) < 4.78 is 5.58. The fraction of sp³-hybridized carbons (Fsp3) is 0.500. The van der Waals surface area contributed by atoms with Crippen LogP contribution in [0, 0.1) is 5.92 Å². The largest absolute Gasteiger partial charge is 0.492 e. The Morgan fingerprint density at radius 1 is 1.36 bits per heavy atom. The van der Waals surface area contributed by atoms with E-state index in [1.54, 1.807) is 6.07 Å². The molecule has 6 heteroatoms. The van der Waals surface area contributed by atoms with Crippen molar-refractivity contribution < 1.29 is 14.3 Å². The molecule has 2 N–H and O–H groups in total. The number of carbonyl (C=O) groups excluding carboxylic acids is 2. The molecular formula is C16H21ClN2O3. The Kier molecular flexibility index (Phi) is 4.96. The first kappa shape index (κ1) is 16.6. The van der Waals surface area contributed by atoms with Gasteiger partial charge in [-0.1, -0.05) is 11.6 Å². The molecule has 1 atom stereocenters. The van der Waals surface area contributed by atoms with Gasteiger partial charge in [-0.15, -0.1) is 0 Å². The lowest BCUT2D eigenvalue weighted by molar-refractivity contribution is -0.130. The molecular weight excluding hydrogens is 304 g/mol. The highest BCUT2D eigenvalue weighted by atomic mass is 35.5. The van der Waals surface area contributed by atoms with Gasteiger partial charge in [0.15, 0.2) is 0 Å². The quantitative estimate of drug-likeness (QED) is 0.892. The highest BCUT2D eigenvalue weighted by molar-refractivity contribution is 6.30. The minimum Gasteiger partial charge on any atom is -0.492 e. The van der Waals surface area contributed by atoms with Crippen LogP contribution in [0.2, 0.25) is 5.02 Å². The second-order valence-electron chi connectivity index (χ2n) is 6.48. The Morgan fingerprint density at radius 3 is 2.77 bits per heavy atom. The normalized spacial score (nSPS) is 17.2. The molecule has 0 fully saturated rings. The number of hydrogen-bond donors (Lipinski definition) is 2. The van der Waals surface area contributed by atoms with Gasteiger partial charge >= 0.3 is 0 Å². The van der Waals surface area contributed by atoms with E-state index >= 15 is 0 Å². The molecule has 5 nitrogen and oxygen atoms in total. The van der Waals surface area contributed by atoms with E-state index in [1.165, 1.54) is 0 Å². The molecule has 0 spiro atoms. The molecule has 1 aromatic rings. The topological polar surface area (TPSA) is 67.4 Å². The molecule has 0 bridgehead atoms. The van der Waals surface area contributed by atoms with Crippen molar-refractivity contribution in [2.24, 2.45) is 5.92 Å². The van der Waals surface area contributed by atoms with Crippen molar-refractivity contribution in [2.75, 3.05) is 13.2 Å². The van der Waals surface area contributed by atoms with Crippen LogP contribution in [0.1, 0.15) is 26.3 Å². The van der Waals surface area contributed by atoms with E-state index in [4.69, 9.17) is 16.3 Å². The van der Waals surface area contributed by atoms with E-state index in [0.29, 0.717) is 18.1 Å². The first-order valence-electron chi connectivity index (χ1n) is 7.24. The average molecular weight is 325 g/mol. The summed E-state index contributed by atoms with van der Waals surface area (Å²) in [6.45, 7) is 5.95. The fourth-order valence-electron chi connectivity index (χ4n) is 2.31. The number of amides is 2. The summed E-state index contributed by atoms with van der Waals surface area (Å²) >= 11 is 5.96. The lowest BCUT2D eigenvalue weighted by Crippen LogP contribution is -2.47. The van der Waals surface area contributed by atoms with Crippen molar-refractivity contribution >= 4 is 23.4 Å². The zero-order valence-electron chi connectivity index (χ0n) is 13.0. The van der Waals surface area contributed by atoms with Crippen LogP contribution in [-0.2, 0) is 16.0 Å². The Hall–Kier alpha value is -1.75. The van der Waals surface area contributed by atoms with E-state index in [2.05, 4.69) is 10.6 Å². The summed E-state index contributed by atoms with van der Waals surface area (Å²) in [7, 11) is 0. The standard InChI is InChI=1S/C16H21ClN2O3/c1-16(2,3)19-14(20)8-18-15(21)11-6-10-7-12(17)4-5-13(10)22-9-11/h4-5,7,11H,6,8-9H2,1-3H3,(H,18,21)(H,19,20)/t11-/m1/s1. The van der Waals surface area contributed by atoms with Crippen molar-refractivity contribution in [2.45, 2.75) is 32.7 Å². The lowest BCUT2D eigenvalue weighted by atomic mass is 9.96. The minimum absolute atomic E-state index is 0.0327. The molecule has 0 saturated carbocycles. The van der Waals surface area contributed by atoms with Gasteiger partial charge in [0.05, 0.1) is 12.5 Å². The van der Waals surface area contributed by atoms with Crippen LogP contribution in [0.4, 0.5) is 0 Å². The van der Waals surface area contributed by atoms with Crippen molar-refractivity contribution in [3.05, 3.63) is 28.8 Å². The second-order valence-corrected chi connectivity index (χ2v) is 6.92. The van der Waals surface area contributed by atoms with E-state index in [9.17, 15) is 9.59 Å². The third-order valence-electron chi connectivity index (χ3n) is 3.24. The van der Waals surface area contributed by atoms with E-state index in [1.807, 2.05) is 32.9 Å². The summed E-state index contributed by atoms with van der Waals surface area (Å²) in [5, 5.41) is 6.07. The smallest absolute Gasteiger partial charge is 0.239 e. The van der Waals surface area contributed by atoms with Gasteiger partial charge in [0, 0.05) is 10.6 Å². The predicted molar refractivity (Wildman–Crippen MR) is 85.0 cm³/mol. The Labute approximate surface area is 135 Å². The van der Waals surface area contributed by atoms with E-state index in [0.717, 1.165) is 11.3 Å². The summed E-state index contributed by atoms with van der Waals surface area (Å²) in [5.74, 6) is 0.0584. The van der Waals surface area contributed by atoms with Gasteiger partial charge in [-0.25, -0.2) is 0 Å². The zero-order chi connectivity index (χ0) is 16.3. The second kappa shape index (κ2) is 6.57. The van der Waals surface area contributed by atoms with Gasteiger partial charge in [-0.05, 0) is 51.0 Å². The molecule has 0 aliphatic carbocycles. The Morgan fingerprint density at radius 2 is 2.09 bits per heavy atom. The number of benzene rings is 1. The number of ether oxygens (including phenoxy) is 1. The van der Waals surface area contributed by atoms with Crippen molar-refractivity contribution in [3.8, 4) is 5.75 Å². The monoisotopic (exact) mass is 324 g/mol. The van der Waals surface area contributed by atoms with Crippen LogP contribution in [-0.4, -0.2) is 30.5 Å². The molecule has 2 rings (SSSR count). The Bertz CT molecular complexity index is 581. The van der Waals surface area contributed by atoms with Gasteiger partial charge in [-0.2, -0.15) is 0 Å². The summed E-state index contributed by atoms with van der Waals surface area (Å²) in [5.41, 5.74) is 0.601. The number of carbonyl (C=O) groups is 2. The summed E-state index contributed by atoms with van der Waals surface area (Å²) in [4.78, 5) is 23.9. The molecule has 1 aromatic carbocycles. The van der Waals surface area contributed by atoms with Crippen LogP contribution >= 0.6 is 11.6 Å². The molecule has 0 unspecified atom stereocenters. The molecule has 1 aliphatic heterocycles. The number of hydrogen-bond acceptors (Lipinski definition) is 3. The maximum atomic E-state index is 12.2. The highest BCUT2D eigenvalue weighted by Crippen LogP contribution is 2.29. The maximum absolute atomic E-state index is 12.2. The fourth-order valence-corrected chi connectivity index (χ4v) is 2.50. The van der Waals surface area contributed by atoms with Gasteiger partial charge in [0.2, 0.25) is 11.8 Å². The van der Waals surface area contributed by atoms with Crippen molar-refractivity contribution in [3.63, 3.8) is 0 Å². The lowest BCUT2D eigenvalue weighted by Gasteiger charge is -2.25. The van der Waals surface area contributed by atoms with Gasteiger partial charge < -0.3 is 15.4 Å². The highest BCUT2D eigenvalue weighted by Gasteiger charge is 2.26. The predicted octanol–water partition coefficient (Wildman–Crippen LogP) is 1.92. The molecule has 0 aromatic heterocycles. The molecule has 0 radical (unpaired) electrons. The minimum atomic E-state index is -0.314.